The summed E-state index contributed by atoms with van der Waals surface area (Å²) in [6.45, 7) is -1.30. The molecule has 0 radical (unpaired) electrons. The Kier molecular flexibility index (Phi) is 8.25. The number of rotatable bonds is 9. The van der Waals surface area contributed by atoms with E-state index in [-0.39, 0.29) is 22.3 Å². The Bertz CT molecular complexity index is 739. The maximum Gasteiger partial charge on any atom is 0.418 e. The van der Waals surface area contributed by atoms with Gasteiger partial charge in [0.2, 0.25) is 0 Å². The summed E-state index contributed by atoms with van der Waals surface area (Å²) < 4.78 is 101. The van der Waals surface area contributed by atoms with Crippen LogP contribution in [0.1, 0.15) is 23.3 Å². The first-order chi connectivity index (χ1) is 14.1. The Morgan fingerprint density at radius 2 is 0.967 bits per heavy atom. The SMILES string of the molecule is COCO[C@H](c1ccccc1-c1ccccc1[C@@H](OCOC)C(F)(F)F)C(F)(F)F. The fourth-order valence-corrected chi connectivity index (χ4v) is 2.94. The van der Waals surface area contributed by atoms with E-state index < -0.39 is 38.1 Å². The summed E-state index contributed by atoms with van der Waals surface area (Å²) in [4.78, 5) is 0. The Morgan fingerprint density at radius 3 is 1.27 bits per heavy atom. The normalized spacial score (nSPS) is 14.5. The smallest absolute Gasteiger partial charge is 0.359 e. The number of halogens is 6. The van der Waals surface area contributed by atoms with E-state index in [2.05, 4.69) is 9.47 Å². The topological polar surface area (TPSA) is 36.9 Å². The van der Waals surface area contributed by atoms with Crippen molar-refractivity contribution in [2.24, 2.45) is 0 Å². The molecule has 166 valence electrons. The van der Waals surface area contributed by atoms with Gasteiger partial charge in [0.25, 0.3) is 0 Å². The van der Waals surface area contributed by atoms with Crippen molar-refractivity contribution in [3.05, 3.63) is 59.7 Å². The number of hydrogen-bond acceptors (Lipinski definition) is 4. The lowest BCUT2D eigenvalue weighted by atomic mass is 9.90. The molecule has 0 aromatic heterocycles. The molecule has 0 saturated heterocycles. The maximum atomic E-state index is 13.6. The van der Waals surface area contributed by atoms with Crippen LogP contribution < -0.4 is 0 Å². The van der Waals surface area contributed by atoms with Crippen molar-refractivity contribution in [3.8, 4) is 11.1 Å². The van der Waals surface area contributed by atoms with Gasteiger partial charge in [0.1, 0.15) is 13.6 Å². The van der Waals surface area contributed by atoms with Crippen molar-refractivity contribution in [1.29, 1.82) is 0 Å². The summed E-state index contributed by atoms with van der Waals surface area (Å²) in [6, 6.07) is 10.4. The first kappa shape index (κ1) is 24.1. The highest BCUT2D eigenvalue weighted by atomic mass is 19.4. The minimum absolute atomic E-state index is 0.0678. The van der Waals surface area contributed by atoms with Crippen molar-refractivity contribution in [1.82, 2.24) is 0 Å². The zero-order valence-electron chi connectivity index (χ0n) is 16.1. The second-order valence-electron chi connectivity index (χ2n) is 6.16. The van der Waals surface area contributed by atoms with E-state index in [4.69, 9.17) is 9.47 Å². The van der Waals surface area contributed by atoms with E-state index in [9.17, 15) is 26.3 Å². The predicted molar refractivity (Wildman–Crippen MR) is 95.4 cm³/mol. The summed E-state index contributed by atoms with van der Waals surface area (Å²) in [6.07, 6.45) is -14.4. The Hall–Kier alpha value is -2.14. The van der Waals surface area contributed by atoms with Gasteiger partial charge in [-0.2, -0.15) is 26.3 Å². The fraction of sp³-hybridized carbons (Fsp3) is 0.400. The van der Waals surface area contributed by atoms with Gasteiger partial charge in [-0.15, -0.1) is 0 Å². The van der Waals surface area contributed by atoms with E-state index >= 15 is 0 Å². The molecule has 30 heavy (non-hydrogen) atoms. The predicted octanol–water partition coefficient (Wildman–Crippen LogP) is 5.80. The van der Waals surface area contributed by atoms with Crippen LogP contribution in [0.3, 0.4) is 0 Å². The highest BCUT2D eigenvalue weighted by Gasteiger charge is 2.45. The molecule has 0 unspecified atom stereocenters. The molecule has 0 N–H and O–H groups in total. The molecule has 2 aromatic carbocycles. The highest BCUT2D eigenvalue weighted by Crippen LogP contribution is 2.44. The van der Waals surface area contributed by atoms with Crippen molar-refractivity contribution in [3.63, 3.8) is 0 Å². The van der Waals surface area contributed by atoms with Crippen molar-refractivity contribution in [2.75, 3.05) is 27.8 Å². The molecule has 0 saturated carbocycles. The second-order valence-corrected chi connectivity index (χ2v) is 6.16. The van der Waals surface area contributed by atoms with Crippen LogP contribution in [-0.4, -0.2) is 40.2 Å². The number of benzene rings is 2. The Morgan fingerprint density at radius 1 is 0.633 bits per heavy atom. The number of methoxy groups -OCH3 is 2. The van der Waals surface area contributed by atoms with Crippen LogP contribution in [0, 0.1) is 0 Å². The molecule has 10 heteroatoms. The molecule has 2 rings (SSSR count). The van der Waals surface area contributed by atoms with Gasteiger partial charge >= 0.3 is 12.4 Å². The zero-order valence-corrected chi connectivity index (χ0v) is 16.1. The van der Waals surface area contributed by atoms with Crippen LogP contribution in [0.5, 0.6) is 0 Å². The van der Waals surface area contributed by atoms with Crippen LogP contribution in [0.4, 0.5) is 26.3 Å². The lowest BCUT2D eigenvalue weighted by Crippen LogP contribution is -2.26. The van der Waals surface area contributed by atoms with Gasteiger partial charge in [0.05, 0.1) is 0 Å². The molecule has 0 aliphatic carbocycles. The van der Waals surface area contributed by atoms with E-state index in [1.807, 2.05) is 0 Å². The van der Waals surface area contributed by atoms with Crippen LogP contribution >= 0.6 is 0 Å². The second kappa shape index (κ2) is 10.3. The van der Waals surface area contributed by atoms with E-state index in [1.165, 1.54) is 36.4 Å². The van der Waals surface area contributed by atoms with Crippen LogP contribution in [0.2, 0.25) is 0 Å². The number of alkyl halides is 6. The van der Waals surface area contributed by atoms with Crippen molar-refractivity contribution >= 4 is 0 Å². The Balaban J connectivity index is 2.64. The molecule has 0 heterocycles. The first-order valence-corrected chi connectivity index (χ1v) is 8.64. The Labute approximate surface area is 169 Å². The van der Waals surface area contributed by atoms with Gasteiger partial charge in [-0.3, -0.25) is 0 Å². The molecule has 0 aliphatic rings. The molecule has 0 amide bonds. The minimum atomic E-state index is -4.82. The largest absolute Gasteiger partial charge is 0.418 e. The molecule has 4 nitrogen and oxygen atoms in total. The molecule has 2 aromatic rings. The monoisotopic (exact) mass is 438 g/mol. The molecule has 2 atom stereocenters. The van der Waals surface area contributed by atoms with Crippen molar-refractivity contribution in [2.45, 2.75) is 24.6 Å². The molecule has 0 fully saturated rings. The summed E-state index contributed by atoms with van der Waals surface area (Å²) >= 11 is 0. The summed E-state index contributed by atoms with van der Waals surface area (Å²) in [5.74, 6) is 0. The summed E-state index contributed by atoms with van der Waals surface area (Å²) in [5.41, 5.74) is -0.826. The molecule has 0 spiro atoms. The van der Waals surface area contributed by atoms with Gasteiger partial charge in [-0.05, 0) is 22.3 Å². The molecule has 0 bridgehead atoms. The van der Waals surface area contributed by atoms with E-state index in [0.29, 0.717) is 0 Å². The van der Waals surface area contributed by atoms with Gasteiger partial charge in [0.15, 0.2) is 12.2 Å². The molecule has 0 aliphatic heterocycles. The fourth-order valence-electron chi connectivity index (χ4n) is 2.94. The number of hydrogen-bond donors (Lipinski definition) is 0. The first-order valence-electron chi connectivity index (χ1n) is 8.64. The van der Waals surface area contributed by atoms with Crippen LogP contribution in [0.25, 0.3) is 11.1 Å². The minimum Gasteiger partial charge on any atom is -0.359 e. The van der Waals surface area contributed by atoms with Gasteiger partial charge in [-0.1, -0.05) is 48.5 Å². The standard InChI is InChI=1S/C20H20F6O4/c1-27-11-29-17(19(21,22)23)15-9-5-3-7-13(15)14-8-4-6-10-16(14)18(20(24,25)26)30-12-28-2/h3-10,17-18H,11-12H2,1-2H3/t17-,18-/m1/s1. The van der Waals surface area contributed by atoms with Crippen LogP contribution in [0.15, 0.2) is 48.5 Å². The number of ether oxygens (including phenoxy) is 4. The van der Waals surface area contributed by atoms with Crippen LogP contribution in [-0.2, 0) is 18.9 Å². The maximum absolute atomic E-state index is 13.6. The lowest BCUT2D eigenvalue weighted by Gasteiger charge is -2.26. The quantitative estimate of drug-likeness (QED) is 0.366. The van der Waals surface area contributed by atoms with Gasteiger partial charge in [-0.25, -0.2) is 0 Å². The average Bonchev–Trinajstić information content (AvgIpc) is 2.67. The molecular formula is C20H20F6O4. The lowest BCUT2D eigenvalue weighted by molar-refractivity contribution is -0.244. The van der Waals surface area contributed by atoms with Crippen molar-refractivity contribution < 1.29 is 45.3 Å². The molecular weight excluding hydrogens is 418 g/mol. The van der Waals surface area contributed by atoms with E-state index in [1.54, 1.807) is 0 Å². The third-order valence-electron chi connectivity index (χ3n) is 4.08. The van der Waals surface area contributed by atoms with E-state index in [0.717, 1.165) is 26.4 Å². The highest BCUT2D eigenvalue weighted by molar-refractivity contribution is 5.72. The van der Waals surface area contributed by atoms with Gasteiger partial charge < -0.3 is 18.9 Å². The summed E-state index contributed by atoms with van der Waals surface area (Å²) in [7, 11) is 2.32. The third kappa shape index (κ3) is 5.94. The third-order valence-corrected chi connectivity index (χ3v) is 4.08. The van der Waals surface area contributed by atoms with Gasteiger partial charge in [0, 0.05) is 14.2 Å². The summed E-state index contributed by atoms with van der Waals surface area (Å²) in [5, 5.41) is 0. The zero-order chi connectivity index (χ0) is 22.4. The average molecular weight is 438 g/mol.